The van der Waals surface area contributed by atoms with Crippen LogP contribution in [0, 0.1) is 12.8 Å². The quantitative estimate of drug-likeness (QED) is 0.638. The zero-order chi connectivity index (χ0) is 22.0. The number of nitrogens with zero attached hydrogens (tertiary/aromatic N) is 3. The van der Waals surface area contributed by atoms with E-state index in [1.165, 1.54) is 0 Å². The Balaban J connectivity index is 1.82. The Labute approximate surface area is 182 Å². The Morgan fingerprint density at radius 1 is 1.16 bits per heavy atom. The van der Waals surface area contributed by atoms with Gasteiger partial charge in [0.1, 0.15) is 6.61 Å². The van der Waals surface area contributed by atoms with Gasteiger partial charge in [-0.15, -0.1) is 0 Å². The Hall–Kier alpha value is -3.20. The molecule has 3 heterocycles. The molecule has 9 heteroatoms. The summed E-state index contributed by atoms with van der Waals surface area (Å²) in [5, 5.41) is 3.40. The molecule has 31 heavy (non-hydrogen) atoms. The van der Waals surface area contributed by atoms with E-state index in [-0.39, 0.29) is 22.8 Å². The van der Waals surface area contributed by atoms with Gasteiger partial charge in [-0.1, -0.05) is 26.0 Å². The standard InChI is InChI=1S/C22H25N5O3S/c1-14(2)10-17-13-30-20-12-19(21-15(3)6-5-9-23-21)25-22(26-20)27-31(28,29)18-8-4-7-16(11-18)24-17/h4-9,11-12,14,17,24H,10,13H2,1-3H3,(H,25,26,27)/t17-/m1/s1. The van der Waals surface area contributed by atoms with Crippen molar-refractivity contribution in [1.82, 2.24) is 15.0 Å². The van der Waals surface area contributed by atoms with E-state index in [1.54, 1.807) is 30.5 Å². The molecule has 4 bridgehead atoms. The minimum Gasteiger partial charge on any atom is -0.475 e. The monoisotopic (exact) mass is 439 g/mol. The fourth-order valence-corrected chi connectivity index (χ4v) is 4.50. The van der Waals surface area contributed by atoms with Crippen LogP contribution in [0.4, 0.5) is 11.6 Å². The molecule has 1 aliphatic heterocycles. The molecule has 0 radical (unpaired) electrons. The van der Waals surface area contributed by atoms with Crippen molar-refractivity contribution in [3.63, 3.8) is 0 Å². The first-order chi connectivity index (χ1) is 14.8. The van der Waals surface area contributed by atoms with Crippen LogP contribution in [0.2, 0.25) is 0 Å². The van der Waals surface area contributed by atoms with E-state index in [9.17, 15) is 8.42 Å². The van der Waals surface area contributed by atoms with Gasteiger partial charge in [0.2, 0.25) is 11.8 Å². The van der Waals surface area contributed by atoms with Crippen molar-refractivity contribution < 1.29 is 13.2 Å². The maximum Gasteiger partial charge on any atom is 0.264 e. The lowest BCUT2D eigenvalue weighted by Gasteiger charge is -2.23. The molecular formula is C22H25N5O3S. The molecule has 0 fully saturated rings. The Bertz CT molecular complexity index is 1200. The summed E-state index contributed by atoms with van der Waals surface area (Å²) in [4.78, 5) is 13.2. The SMILES string of the molecule is Cc1cccnc1-c1cc2nc(n1)NS(=O)(=O)c1cccc(c1)N[C@H](CC(C)C)CO2. The molecule has 2 aromatic heterocycles. The van der Waals surface area contributed by atoms with Gasteiger partial charge in [-0.05, 0) is 49.1 Å². The molecule has 8 nitrogen and oxygen atoms in total. The first-order valence-corrected chi connectivity index (χ1v) is 11.6. The van der Waals surface area contributed by atoms with Crippen molar-refractivity contribution in [3.8, 4) is 17.3 Å². The number of benzene rings is 1. The highest BCUT2D eigenvalue weighted by atomic mass is 32.2. The second kappa shape index (κ2) is 8.50. The normalized spacial score (nSPS) is 17.5. The summed E-state index contributed by atoms with van der Waals surface area (Å²) in [5.74, 6) is 0.653. The second-order valence-corrected chi connectivity index (χ2v) is 9.68. The van der Waals surface area contributed by atoms with Crippen LogP contribution in [-0.4, -0.2) is 36.0 Å². The predicted octanol–water partition coefficient (Wildman–Crippen LogP) is 3.87. The van der Waals surface area contributed by atoms with E-state index in [1.807, 2.05) is 25.1 Å². The number of hydrogen-bond acceptors (Lipinski definition) is 7. The summed E-state index contributed by atoms with van der Waals surface area (Å²) in [7, 11) is -3.89. The van der Waals surface area contributed by atoms with Crippen molar-refractivity contribution in [2.24, 2.45) is 5.92 Å². The van der Waals surface area contributed by atoms with Crippen LogP contribution in [0.5, 0.6) is 5.88 Å². The van der Waals surface area contributed by atoms with Crippen molar-refractivity contribution in [2.75, 3.05) is 16.6 Å². The number of pyridine rings is 1. The molecule has 4 rings (SSSR count). The van der Waals surface area contributed by atoms with Gasteiger partial charge in [0.15, 0.2) is 0 Å². The van der Waals surface area contributed by atoms with Crippen LogP contribution in [0.15, 0.2) is 53.6 Å². The molecule has 1 aromatic carbocycles. The molecule has 0 aliphatic carbocycles. The molecule has 0 unspecified atom stereocenters. The lowest BCUT2D eigenvalue weighted by atomic mass is 10.0. The van der Waals surface area contributed by atoms with Crippen LogP contribution in [0.1, 0.15) is 25.8 Å². The van der Waals surface area contributed by atoms with Gasteiger partial charge >= 0.3 is 0 Å². The van der Waals surface area contributed by atoms with Gasteiger partial charge < -0.3 is 10.1 Å². The Morgan fingerprint density at radius 3 is 2.77 bits per heavy atom. The lowest BCUT2D eigenvalue weighted by Crippen LogP contribution is -2.29. The molecule has 2 N–H and O–H groups in total. The van der Waals surface area contributed by atoms with Crippen LogP contribution >= 0.6 is 0 Å². The summed E-state index contributed by atoms with van der Waals surface area (Å²) in [6.07, 6.45) is 2.51. The van der Waals surface area contributed by atoms with Gasteiger partial charge in [-0.25, -0.2) is 18.1 Å². The number of nitrogens with one attached hydrogen (secondary N) is 2. The van der Waals surface area contributed by atoms with E-state index in [0.29, 0.717) is 29.6 Å². The van der Waals surface area contributed by atoms with Crippen LogP contribution in [0.25, 0.3) is 11.4 Å². The third-order valence-corrected chi connectivity index (χ3v) is 6.21. The Kier molecular flexibility index (Phi) is 5.77. The number of aryl methyl sites for hydroxylation is 1. The summed E-state index contributed by atoms with van der Waals surface area (Å²) < 4.78 is 34.4. The predicted molar refractivity (Wildman–Crippen MR) is 120 cm³/mol. The van der Waals surface area contributed by atoms with E-state index >= 15 is 0 Å². The number of ether oxygens (including phenoxy) is 1. The van der Waals surface area contributed by atoms with Crippen LogP contribution < -0.4 is 14.8 Å². The second-order valence-electron chi connectivity index (χ2n) is 8.00. The van der Waals surface area contributed by atoms with Crippen molar-refractivity contribution >= 4 is 21.7 Å². The van der Waals surface area contributed by atoms with Gasteiger partial charge in [0, 0.05) is 18.0 Å². The molecule has 3 aromatic rings. The first kappa shape index (κ1) is 21.0. The molecule has 0 saturated carbocycles. The summed E-state index contributed by atoms with van der Waals surface area (Å²) in [6, 6.07) is 12.1. The zero-order valence-electron chi connectivity index (χ0n) is 17.7. The van der Waals surface area contributed by atoms with E-state index in [4.69, 9.17) is 4.74 Å². The highest BCUT2D eigenvalue weighted by molar-refractivity contribution is 7.92. The highest BCUT2D eigenvalue weighted by Crippen LogP contribution is 2.26. The smallest absolute Gasteiger partial charge is 0.264 e. The third-order valence-electron chi connectivity index (χ3n) is 4.88. The number of aromatic nitrogens is 3. The minimum absolute atomic E-state index is 0.0243. The lowest BCUT2D eigenvalue weighted by molar-refractivity contribution is 0.271. The maximum atomic E-state index is 13.0. The number of fused-ring (bicyclic) bond motifs is 4. The fraction of sp³-hybridized carbons (Fsp3) is 0.318. The van der Waals surface area contributed by atoms with Gasteiger partial charge in [0.05, 0.1) is 22.3 Å². The number of rotatable bonds is 3. The average Bonchev–Trinajstić information content (AvgIpc) is 2.71. The summed E-state index contributed by atoms with van der Waals surface area (Å²) in [6.45, 7) is 6.55. The zero-order valence-corrected chi connectivity index (χ0v) is 18.5. The average molecular weight is 440 g/mol. The van der Waals surface area contributed by atoms with Crippen LogP contribution in [0.3, 0.4) is 0 Å². The van der Waals surface area contributed by atoms with Crippen molar-refractivity contribution in [3.05, 3.63) is 54.2 Å². The molecular weight excluding hydrogens is 414 g/mol. The largest absolute Gasteiger partial charge is 0.475 e. The minimum atomic E-state index is -3.89. The molecule has 0 saturated heterocycles. The molecule has 0 spiro atoms. The number of hydrogen-bond donors (Lipinski definition) is 2. The van der Waals surface area contributed by atoms with Crippen molar-refractivity contribution in [2.45, 2.75) is 38.1 Å². The van der Waals surface area contributed by atoms with Gasteiger partial charge in [-0.3, -0.25) is 4.98 Å². The first-order valence-electron chi connectivity index (χ1n) is 10.1. The fourth-order valence-electron chi connectivity index (χ4n) is 3.51. The van der Waals surface area contributed by atoms with Gasteiger partial charge in [-0.2, -0.15) is 4.98 Å². The van der Waals surface area contributed by atoms with E-state index in [2.05, 4.69) is 38.8 Å². The van der Waals surface area contributed by atoms with E-state index in [0.717, 1.165) is 12.0 Å². The third kappa shape index (κ3) is 4.93. The highest BCUT2D eigenvalue weighted by Gasteiger charge is 2.21. The molecule has 1 aliphatic rings. The number of anilines is 2. The molecule has 162 valence electrons. The summed E-state index contributed by atoms with van der Waals surface area (Å²) >= 11 is 0. The van der Waals surface area contributed by atoms with Crippen LogP contribution in [-0.2, 0) is 10.0 Å². The topological polar surface area (TPSA) is 106 Å². The molecule has 1 atom stereocenters. The maximum absolute atomic E-state index is 13.0. The molecule has 0 amide bonds. The summed E-state index contributed by atoms with van der Waals surface area (Å²) in [5.41, 5.74) is 2.75. The van der Waals surface area contributed by atoms with Gasteiger partial charge in [0.25, 0.3) is 10.0 Å². The number of sulfonamides is 1. The van der Waals surface area contributed by atoms with Crippen molar-refractivity contribution in [1.29, 1.82) is 0 Å². The Morgan fingerprint density at radius 2 is 2.00 bits per heavy atom. The van der Waals surface area contributed by atoms with E-state index < -0.39 is 10.0 Å².